The fourth-order valence-electron chi connectivity index (χ4n) is 3.00. The first-order valence-electron chi connectivity index (χ1n) is 9.93. The normalized spacial score (nSPS) is 11.7. The minimum atomic E-state index is -0.372. The third kappa shape index (κ3) is 5.98. The number of aryl methyl sites for hydroxylation is 2. The number of hydrogen-bond acceptors (Lipinski definition) is 6. The highest BCUT2D eigenvalue weighted by molar-refractivity contribution is 7.99. The zero-order valence-electron chi connectivity index (χ0n) is 18.1. The van der Waals surface area contributed by atoms with Gasteiger partial charge in [-0.05, 0) is 73.5 Å². The second kappa shape index (κ2) is 10.6. The standard InChI is InChI=1S/C23H26N2O4S2/c1-15-12-19-20(13-16(15)2)31-23(25(19)14-22(27)29-4)24-21(26)6-5-11-30-18-9-7-17(28-3)8-10-18/h7-10,12-13H,5-6,11,14H2,1-4H3. The quantitative estimate of drug-likeness (QED) is 0.282. The first kappa shape index (κ1) is 23.1. The average Bonchev–Trinajstić information content (AvgIpc) is 3.07. The van der Waals surface area contributed by atoms with E-state index in [0.717, 1.165) is 44.2 Å². The van der Waals surface area contributed by atoms with Crippen LogP contribution in [-0.4, -0.2) is 36.4 Å². The fraction of sp³-hybridized carbons (Fsp3) is 0.348. The summed E-state index contributed by atoms with van der Waals surface area (Å²) < 4.78 is 12.8. The van der Waals surface area contributed by atoms with Gasteiger partial charge in [-0.1, -0.05) is 11.3 Å². The fourth-order valence-corrected chi connectivity index (χ4v) is 4.98. The van der Waals surface area contributed by atoms with Crippen molar-refractivity contribution in [1.82, 2.24) is 4.57 Å². The molecular weight excluding hydrogens is 432 g/mol. The molecule has 3 rings (SSSR count). The molecule has 0 aliphatic heterocycles. The van der Waals surface area contributed by atoms with Crippen LogP contribution in [0.4, 0.5) is 0 Å². The molecule has 1 heterocycles. The van der Waals surface area contributed by atoms with Gasteiger partial charge in [-0.2, -0.15) is 4.99 Å². The van der Waals surface area contributed by atoms with E-state index in [9.17, 15) is 9.59 Å². The monoisotopic (exact) mass is 458 g/mol. The molecule has 6 nitrogen and oxygen atoms in total. The Kier molecular flexibility index (Phi) is 7.92. The van der Waals surface area contributed by atoms with Gasteiger partial charge in [0.15, 0.2) is 4.80 Å². The molecule has 0 fully saturated rings. The number of esters is 1. The largest absolute Gasteiger partial charge is 0.497 e. The number of rotatable bonds is 8. The Morgan fingerprint density at radius 2 is 1.81 bits per heavy atom. The highest BCUT2D eigenvalue weighted by Gasteiger charge is 2.13. The smallest absolute Gasteiger partial charge is 0.325 e. The minimum absolute atomic E-state index is 0.0262. The van der Waals surface area contributed by atoms with Crippen molar-refractivity contribution in [3.8, 4) is 5.75 Å². The van der Waals surface area contributed by atoms with E-state index in [1.54, 1.807) is 23.4 Å². The molecule has 31 heavy (non-hydrogen) atoms. The van der Waals surface area contributed by atoms with Crippen LogP contribution in [0, 0.1) is 13.8 Å². The van der Waals surface area contributed by atoms with E-state index in [1.807, 2.05) is 44.2 Å². The first-order chi connectivity index (χ1) is 14.9. The molecule has 1 aromatic heterocycles. The number of aromatic nitrogens is 1. The highest BCUT2D eigenvalue weighted by Crippen LogP contribution is 2.23. The number of benzene rings is 2. The summed E-state index contributed by atoms with van der Waals surface area (Å²) in [5.74, 6) is 1.09. The van der Waals surface area contributed by atoms with Gasteiger partial charge in [0.1, 0.15) is 12.3 Å². The number of methoxy groups -OCH3 is 2. The molecule has 164 valence electrons. The summed E-state index contributed by atoms with van der Waals surface area (Å²) >= 11 is 3.11. The summed E-state index contributed by atoms with van der Waals surface area (Å²) in [5.41, 5.74) is 3.17. The average molecular weight is 459 g/mol. The molecule has 2 aromatic carbocycles. The van der Waals surface area contributed by atoms with Gasteiger partial charge in [-0.25, -0.2) is 0 Å². The zero-order valence-corrected chi connectivity index (χ0v) is 19.8. The van der Waals surface area contributed by atoms with Gasteiger partial charge in [-0.3, -0.25) is 9.59 Å². The summed E-state index contributed by atoms with van der Waals surface area (Å²) in [5, 5.41) is 0. The molecule has 0 aliphatic rings. The van der Waals surface area contributed by atoms with Gasteiger partial charge in [-0.15, -0.1) is 11.8 Å². The van der Waals surface area contributed by atoms with Crippen molar-refractivity contribution in [2.24, 2.45) is 4.99 Å². The van der Waals surface area contributed by atoms with Crippen molar-refractivity contribution in [1.29, 1.82) is 0 Å². The Morgan fingerprint density at radius 1 is 1.10 bits per heavy atom. The van der Waals surface area contributed by atoms with E-state index in [4.69, 9.17) is 9.47 Å². The Morgan fingerprint density at radius 3 is 2.48 bits per heavy atom. The van der Waals surface area contributed by atoms with Crippen LogP contribution >= 0.6 is 23.1 Å². The molecule has 0 bridgehead atoms. The van der Waals surface area contributed by atoms with Gasteiger partial charge < -0.3 is 14.0 Å². The number of ether oxygens (including phenoxy) is 2. The molecule has 1 amide bonds. The summed E-state index contributed by atoms with van der Waals surface area (Å²) in [7, 11) is 3.00. The first-order valence-corrected chi connectivity index (χ1v) is 11.7. The Balaban J connectivity index is 1.71. The Labute approximate surface area is 189 Å². The van der Waals surface area contributed by atoms with Crippen LogP contribution in [0.1, 0.15) is 24.0 Å². The van der Waals surface area contributed by atoms with E-state index in [1.165, 1.54) is 18.4 Å². The lowest BCUT2D eigenvalue weighted by molar-refractivity contribution is -0.141. The van der Waals surface area contributed by atoms with Gasteiger partial charge in [0.2, 0.25) is 5.91 Å². The van der Waals surface area contributed by atoms with Gasteiger partial charge in [0.25, 0.3) is 0 Å². The molecule has 8 heteroatoms. The summed E-state index contributed by atoms with van der Waals surface area (Å²) in [6.45, 7) is 4.09. The number of carbonyl (C=O) groups is 2. The summed E-state index contributed by atoms with van der Waals surface area (Å²) in [4.78, 5) is 30.4. The molecule has 0 saturated heterocycles. The van der Waals surface area contributed by atoms with Crippen LogP contribution < -0.4 is 9.54 Å². The number of carbonyl (C=O) groups excluding carboxylic acids is 2. The zero-order chi connectivity index (χ0) is 22.4. The van der Waals surface area contributed by atoms with Crippen LogP contribution in [-0.2, 0) is 20.9 Å². The topological polar surface area (TPSA) is 69.9 Å². The number of amides is 1. The van der Waals surface area contributed by atoms with Crippen molar-refractivity contribution in [3.05, 3.63) is 52.3 Å². The third-order valence-electron chi connectivity index (χ3n) is 4.90. The number of nitrogens with zero attached hydrogens (tertiary/aromatic N) is 2. The van der Waals surface area contributed by atoms with E-state index < -0.39 is 0 Å². The molecule has 3 aromatic rings. The van der Waals surface area contributed by atoms with Crippen molar-refractivity contribution >= 4 is 45.2 Å². The molecule has 0 spiro atoms. The number of thioether (sulfide) groups is 1. The SMILES string of the molecule is COC(=O)Cn1c(=NC(=O)CCCSc2ccc(OC)cc2)sc2cc(C)c(C)cc21. The number of thiazole rings is 1. The van der Waals surface area contributed by atoms with Crippen molar-refractivity contribution in [2.75, 3.05) is 20.0 Å². The lowest BCUT2D eigenvalue weighted by atomic mass is 10.1. The summed E-state index contributed by atoms with van der Waals surface area (Å²) in [6.07, 6.45) is 1.08. The lowest BCUT2D eigenvalue weighted by Crippen LogP contribution is -2.22. The lowest BCUT2D eigenvalue weighted by Gasteiger charge is -2.05. The van der Waals surface area contributed by atoms with Crippen LogP contribution in [0.15, 0.2) is 46.3 Å². The highest BCUT2D eigenvalue weighted by atomic mass is 32.2. The Hall–Kier alpha value is -2.58. The van der Waals surface area contributed by atoms with E-state index in [0.29, 0.717) is 11.2 Å². The van der Waals surface area contributed by atoms with Crippen molar-refractivity contribution < 1.29 is 19.1 Å². The predicted octanol–water partition coefficient (Wildman–Crippen LogP) is 4.50. The van der Waals surface area contributed by atoms with Crippen LogP contribution in [0.25, 0.3) is 10.2 Å². The molecule has 0 atom stereocenters. The van der Waals surface area contributed by atoms with Crippen LogP contribution in [0.2, 0.25) is 0 Å². The molecule has 0 saturated carbocycles. The van der Waals surface area contributed by atoms with E-state index in [-0.39, 0.29) is 18.4 Å². The van der Waals surface area contributed by atoms with Crippen molar-refractivity contribution in [2.45, 2.75) is 38.1 Å². The second-order valence-corrected chi connectivity index (χ2v) is 9.26. The molecule has 0 unspecified atom stereocenters. The molecular formula is C23H26N2O4S2. The van der Waals surface area contributed by atoms with E-state index >= 15 is 0 Å². The van der Waals surface area contributed by atoms with Crippen LogP contribution in [0.5, 0.6) is 5.75 Å². The maximum atomic E-state index is 12.5. The minimum Gasteiger partial charge on any atom is -0.497 e. The van der Waals surface area contributed by atoms with Crippen LogP contribution in [0.3, 0.4) is 0 Å². The van der Waals surface area contributed by atoms with Crippen molar-refractivity contribution in [3.63, 3.8) is 0 Å². The summed E-state index contributed by atoms with van der Waals surface area (Å²) in [6, 6.07) is 12.0. The molecule has 0 aliphatic carbocycles. The van der Waals surface area contributed by atoms with Gasteiger partial charge in [0, 0.05) is 11.3 Å². The maximum Gasteiger partial charge on any atom is 0.325 e. The second-order valence-electron chi connectivity index (χ2n) is 7.08. The predicted molar refractivity (Wildman–Crippen MR) is 125 cm³/mol. The molecule has 0 N–H and O–H groups in total. The third-order valence-corrected chi connectivity index (χ3v) is 7.04. The van der Waals surface area contributed by atoms with E-state index in [2.05, 4.69) is 11.1 Å². The van der Waals surface area contributed by atoms with Gasteiger partial charge in [0.05, 0.1) is 24.4 Å². The van der Waals surface area contributed by atoms with Gasteiger partial charge >= 0.3 is 5.97 Å². The maximum absolute atomic E-state index is 12.5. The Bertz CT molecular complexity index is 1150. The molecule has 0 radical (unpaired) electrons. The number of hydrogen-bond donors (Lipinski definition) is 0. The number of fused-ring (bicyclic) bond motifs is 1.